The Balaban J connectivity index is 1.67. The van der Waals surface area contributed by atoms with E-state index in [0.29, 0.717) is 10.6 Å². The highest BCUT2D eigenvalue weighted by Crippen LogP contribution is 2.29. The van der Waals surface area contributed by atoms with Crippen LogP contribution in [0.3, 0.4) is 0 Å². The molecule has 0 amide bonds. The van der Waals surface area contributed by atoms with Crippen LogP contribution < -0.4 is 4.90 Å². The highest BCUT2D eigenvalue weighted by molar-refractivity contribution is 6.34. The molecule has 0 atom stereocenters. The predicted molar refractivity (Wildman–Crippen MR) is 80.0 cm³/mol. The SMILES string of the molecule is N#Cc1ccnc(N2CCN(C3CCCC3)CC2)c1Cl. The van der Waals surface area contributed by atoms with Gasteiger partial charge in [-0.05, 0) is 18.9 Å². The van der Waals surface area contributed by atoms with E-state index in [1.54, 1.807) is 12.3 Å². The molecule has 1 aliphatic heterocycles. The van der Waals surface area contributed by atoms with Gasteiger partial charge in [0.05, 0.1) is 5.56 Å². The number of nitriles is 1. The molecule has 106 valence electrons. The Morgan fingerprint density at radius 2 is 1.90 bits per heavy atom. The van der Waals surface area contributed by atoms with Gasteiger partial charge in [0.2, 0.25) is 0 Å². The summed E-state index contributed by atoms with van der Waals surface area (Å²) in [6.07, 6.45) is 7.12. The molecular weight excluding hydrogens is 272 g/mol. The quantitative estimate of drug-likeness (QED) is 0.840. The van der Waals surface area contributed by atoms with Crippen molar-refractivity contribution in [3.8, 4) is 6.07 Å². The molecule has 0 unspecified atom stereocenters. The van der Waals surface area contributed by atoms with Crippen LogP contribution in [-0.2, 0) is 0 Å². The van der Waals surface area contributed by atoms with Crippen molar-refractivity contribution in [2.75, 3.05) is 31.1 Å². The van der Waals surface area contributed by atoms with E-state index in [4.69, 9.17) is 16.9 Å². The van der Waals surface area contributed by atoms with Crippen LogP contribution in [0, 0.1) is 11.3 Å². The van der Waals surface area contributed by atoms with Gasteiger partial charge in [-0.15, -0.1) is 0 Å². The molecule has 1 aromatic heterocycles. The van der Waals surface area contributed by atoms with Gasteiger partial charge in [0, 0.05) is 38.4 Å². The molecule has 1 aliphatic carbocycles. The number of aromatic nitrogens is 1. The Hall–Kier alpha value is -1.31. The van der Waals surface area contributed by atoms with Crippen molar-refractivity contribution in [2.45, 2.75) is 31.7 Å². The normalized spacial score (nSPS) is 21.1. The van der Waals surface area contributed by atoms with Crippen molar-refractivity contribution < 1.29 is 0 Å². The third-order valence-corrected chi connectivity index (χ3v) is 4.82. The third kappa shape index (κ3) is 2.61. The molecule has 2 fully saturated rings. The second-order valence-corrected chi connectivity index (χ2v) is 5.95. The molecule has 0 spiro atoms. The second kappa shape index (κ2) is 5.99. The fourth-order valence-electron chi connectivity index (χ4n) is 3.31. The van der Waals surface area contributed by atoms with E-state index in [0.717, 1.165) is 38.0 Å². The fraction of sp³-hybridized carbons (Fsp3) is 0.600. The lowest BCUT2D eigenvalue weighted by Gasteiger charge is -2.38. The molecular formula is C15H19ClN4. The topological polar surface area (TPSA) is 43.2 Å². The number of piperazine rings is 1. The van der Waals surface area contributed by atoms with Crippen molar-refractivity contribution in [1.82, 2.24) is 9.88 Å². The van der Waals surface area contributed by atoms with E-state index in [2.05, 4.69) is 20.9 Å². The maximum absolute atomic E-state index is 9.04. The summed E-state index contributed by atoms with van der Waals surface area (Å²) in [5.41, 5.74) is 0.509. The van der Waals surface area contributed by atoms with Gasteiger partial charge in [0.15, 0.2) is 0 Å². The molecule has 0 radical (unpaired) electrons. The standard InChI is InChI=1S/C15H19ClN4/c16-14-12(11-17)5-6-18-15(14)20-9-7-19(8-10-20)13-3-1-2-4-13/h5-6,13H,1-4,7-10H2. The minimum atomic E-state index is 0.490. The Morgan fingerprint density at radius 3 is 2.55 bits per heavy atom. The van der Waals surface area contributed by atoms with Gasteiger partial charge < -0.3 is 4.90 Å². The first-order valence-corrected chi connectivity index (χ1v) is 7.71. The van der Waals surface area contributed by atoms with Gasteiger partial charge in [-0.3, -0.25) is 4.90 Å². The Bertz CT molecular complexity index is 511. The van der Waals surface area contributed by atoms with E-state index in [9.17, 15) is 0 Å². The van der Waals surface area contributed by atoms with Crippen molar-refractivity contribution in [2.24, 2.45) is 0 Å². The maximum atomic E-state index is 9.04. The minimum absolute atomic E-state index is 0.490. The van der Waals surface area contributed by atoms with Gasteiger partial charge in [0.1, 0.15) is 16.9 Å². The Morgan fingerprint density at radius 1 is 1.20 bits per heavy atom. The molecule has 2 heterocycles. The van der Waals surface area contributed by atoms with Crippen LogP contribution in [-0.4, -0.2) is 42.1 Å². The van der Waals surface area contributed by atoms with E-state index >= 15 is 0 Å². The van der Waals surface area contributed by atoms with E-state index in [1.165, 1.54) is 25.7 Å². The van der Waals surface area contributed by atoms with Crippen molar-refractivity contribution in [3.05, 3.63) is 22.8 Å². The summed E-state index contributed by atoms with van der Waals surface area (Å²) in [6.45, 7) is 4.02. The molecule has 2 aliphatic rings. The lowest BCUT2D eigenvalue weighted by molar-refractivity contribution is 0.187. The molecule has 20 heavy (non-hydrogen) atoms. The number of hydrogen-bond acceptors (Lipinski definition) is 4. The zero-order valence-electron chi connectivity index (χ0n) is 11.6. The first-order chi connectivity index (χ1) is 9.79. The summed E-state index contributed by atoms with van der Waals surface area (Å²) < 4.78 is 0. The molecule has 0 N–H and O–H groups in total. The zero-order valence-corrected chi connectivity index (χ0v) is 12.3. The number of anilines is 1. The monoisotopic (exact) mass is 290 g/mol. The molecule has 0 aromatic carbocycles. The highest BCUT2D eigenvalue weighted by atomic mass is 35.5. The van der Waals surface area contributed by atoms with E-state index in [-0.39, 0.29) is 0 Å². The van der Waals surface area contributed by atoms with Crippen LogP contribution in [0.2, 0.25) is 5.02 Å². The lowest BCUT2D eigenvalue weighted by atomic mass is 10.1. The Labute approximate surface area is 125 Å². The number of hydrogen-bond donors (Lipinski definition) is 0. The molecule has 4 nitrogen and oxygen atoms in total. The molecule has 1 saturated heterocycles. The zero-order chi connectivity index (χ0) is 13.9. The maximum Gasteiger partial charge on any atom is 0.148 e. The first kappa shape index (κ1) is 13.7. The summed E-state index contributed by atoms with van der Waals surface area (Å²) in [5.74, 6) is 0.761. The van der Waals surface area contributed by atoms with E-state index in [1.807, 2.05) is 0 Å². The highest BCUT2D eigenvalue weighted by Gasteiger charge is 2.27. The lowest BCUT2D eigenvalue weighted by Crippen LogP contribution is -2.50. The summed E-state index contributed by atoms with van der Waals surface area (Å²) in [6, 6.07) is 4.57. The van der Waals surface area contributed by atoms with Crippen LogP contribution >= 0.6 is 11.6 Å². The van der Waals surface area contributed by atoms with Gasteiger partial charge >= 0.3 is 0 Å². The van der Waals surface area contributed by atoms with Gasteiger partial charge in [-0.1, -0.05) is 24.4 Å². The van der Waals surface area contributed by atoms with Gasteiger partial charge in [0.25, 0.3) is 0 Å². The van der Waals surface area contributed by atoms with Crippen LogP contribution in [0.25, 0.3) is 0 Å². The summed E-state index contributed by atoms with van der Waals surface area (Å²) >= 11 is 6.27. The average Bonchev–Trinajstić information content (AvgIpc) is 3.02. The molecule has 1 saturated carbocycles. The van der Waals surface area contributed by atoms with Crippen LogP contribution in [0.1, 0.15) is 31.2 Å². The van der Waals surface area contributed by atoms with Crippen molar-refractivity contribution >= 4 is 17.4 Å². The average molecular weight is 291 g/mol. The van der Waals surface area contributed by atoms with Crippen LogP contribution in [0.4, 0.5) is 5.82 Å². The third-order valence-electron chi connectivity index (χ3n) is 4.45. The summed E-state index contributed by atoms with van der Waals surface area (Å²) in [5, 5.41) is 9.53. The largest absolute Gasteiger partial charge is 0.353 e. The molecule has 0 bridgehead atoms. The fourth-order valence-corrected chi connectivity index (χ4v) is 3.58. The first-order valence-electron chi connectivity index (χ1n) is 7.33. The number of pyridine rings is 1. The Kier molecular flexibility index (Phi) is 4.09. The number of rotatable bonds is 2. The summed E-state index contributed by atoms with van der Waals surface area (Å²) in [7, 11) is 0. The molecule has 5 heteroatoms. The smallest absolute Gasteiger partial charge is 0.148 e. The number of nitrogens with zero attached hydrogens (tertiary/aromatic N) is 4. The van der Waals surface area contributed by atoms with Gasteiger partial charge in [-0.25, -0.2) is 4.98 Å². The molecule has 3 rings (SSSR count). The number of halogens is 1. The predicted octanol–water partition coefficient (Wildman–Crippen LogP) is 2.67. The van der Waals surface area contributed by atoms with E-state index < -0.39 is 0 Å². The van der Waals surface area contributed by atoms with Gasteiger partial charge in [-0.2, -0.15) is 5.26 Å². The van der Waals surface area contributed by atoms with Crippen LogP contribution in [0.15, 0.2) is 12.3 Å². The summed E-state index contributed by atoms with van der Waals surface area (Å²) in [4.78, 5) is 9.16. The van der Waals surface area contributed by atoms with Crippen LogP contribution in [0.5, 0.6) is 0 Å². The minimum Gasteiger partial charge on any atom is -0.353 e. The molecule has 1 aromatic rings. The van der Waals surface area contributed by atoms with Crippen molar-refractivity contribution in [3.63, 3.8) is 0 Å². The van der Waals surface area contributed by atoms with Crippen molar-refractivity contribution in [1.29, 1.82) is 5.26 Å². The second-order valence-electron chi connectivity index (χ2n) is 5.57.